The summed E-state index contributed by atoms with van der Waals surface area (Å²) in [6.45, 7) is 5.03. The summed E-state index contributed by atoms with van der Waals surface area (Å²) in [6, 6.07) is 7.05. The van der Waals surface area contributed by atoms with Gasteiger partial charge in [-0.15, -0.1) is 0 Å². The van der Waals surface area contributed by atoms with Gasteiger partial charge < -0.3 is 19.7 Å². The van der Waals surface area contributed by atoms with Crippen LogP contribution in [0.1, 0.15) is 13.8 Å². The summed E-state index contributed by atoms with van der Waals surface area (Å²) in [5, 5.41) is 2.67. The van der Waals surface area contributed by atoms with Gasteiger partial charge in [0.1, 0.15) is 5.75 Å². The van der Waals surface area contributed by atoms with Gasteiger partial charge in [0.25, 0.3) is 5.91 Å². The van der Waals surface area contributed by atoms with E-state index in [2.05, 4.69) is 5.32 Å². The number of rotatable bonds is 4. The average molecular weight is 292 g/mol. The molecule has 0 bridgehead atoms. The Morgan fingerprint density at radius 3 is 2.90 bits per heavy atom. The number of anilines is 1. The number of carbonyl (C=O) groups excluding carboxylic acids is 2. The van der Waals surface area contributed by atoms with E-state index in [1.165, 1.54) is 6.92 Å². The third-order valence-electron chi connectivity index (χ3n) is 3.14. The molecule has 6 heteroatoms. The fraction of sp³-hybridized carbons (Fsp3) is 0.467. The summed E-state index contributed by atoms with van der Waals surface area (Å²) in [6.07, 6.45) is 0.0503. The number of amides is 2. The highest BCUT2D eigenvalue weighted by atomic mass is 16.5. The van der Waals surface area contributed by atoms with Crippen molar-refractivity contribution >= 4 is 17.5 Å². The molecule has 1 aliphatic heterocycles. The minimum atomic E-state index is -0.181. The van der Waals surface area contributed by atoms with Crippen molar-refractivity contribution < 1.29 is 19.1 Å². The van der Waals surface area contributed by atoms with Crippen LogP contribution < -0.4 is 10.1 Å². The highest BCUT2D eigenvalue weighted by Gasteiger charge is 2.21. The van der Waals surface area contributed by atoms with Crippen LogP contribution in [0.4, 0.5) is 5.69 Å². The summed E-state index contributed by atoms with van der Waals surface area (Å²) < 4.78 is 10.9. The van der Waals surface area contributed by atoms with Crippen LogP contribution in [-0.4, -0.2) is 49.1 Å². The molecule has 1 atom stereocenters. The van der Waals surface area contributed by atoms with Gasteiger partial charge >= 0.3 is 0 Å². The maximum absolute atomic E-state index is 12.1. The maximum Gasteiger partial charge on any atom is 0.260 e. The predicted octanol–water partition coefficient (Wildman–Crippen LogP) is 1.27. The highest BCUT2D eigenvalue weighted by molar-refractivity contribution is 5.90. The van der Waals surface area contributed by atoms with Gasteiger partial charge in [-0.05, 0) is 19.1 Å². The normalized spacial score (nSPS) is 18.2. The molecule has 1 unspecified atom stereocenters. The van der Waals surface area contributed by atoms with Gasteiger partial charge in [-0.3, -0.25) is 9.59 Å². The van der Waals surface area contributed by atoms with E-state index in [0.29, 0.717) is 31.1 Å². The summed E-state index contributed by atoms with van der Waals surface area (Å²) >= 11 is 0. The molecule has 1 saturated heterocycles. The first-order valence-electron chi connectivity index (χ1n) is 6.95. The number of benzene rings is 1. The first-order chi connectivity index (χ1) is 10.1. The largest absolute Gasteiger partial charge is 0.482 e. The Balaban J connectivity index is 1.93. The van der Waals surface area contributed by atoms with Crippen LogP contribution in [0, 0.1) is 0 Å². The molecular weight excluding hydrogens is 272 g/mol. The molecule has 0 spiro atoms. The van der Waals surface area contributed by atoms with Crippen LogP contribution in [-0.2, 0) is 14.3 Å². The lowest BCUT2D eigenvalue weighted by Gasteiger charge is -2.31. The molecule has 21 heavy (non-hydrogen) atoms. The number of ether oxygens (including phenoxy) is 2. The molecule has 2 rings (SSSR count). The van der Waals surface area contributed by atoms with Crippen molar-refractivity contribution in [1.29, 1.82) is 0 Å². The van der Waals surface area contributed by atoms with E-state index in [1.807, 2.05) is 6.92 Å². The first-order valence-corrected chi connectivity index (χ1v) is 6.95. The molecule has 0 aromatic heterocycles. The van der Waals surface area contributed by atoms with Crippen LogP contribution in [0.25, 0.3) is 0 Å². The predicted molar refractivity (Wildman–Crippen MR) is 78.2 cm³/mol. The zero-order valence-electron chi connectivity index (χ0n) is 12.3. The standard InChI is InChI=1S/C15H20N2O4/c1-11-9-17(7-8-20-11)15(19)10-21-14-6-4-3-5-13(14)16-12(2)18/h3-6,11H,7-10H2,1-2H3,(H,16,18). The van der Waals surface area contributed by atoms with E-state index >= 15 is 0 Å². The minimum Gasteiger partial charge on any atom is -0.482 e. The number of hydrogen-bond donors (Lipinski definition) is 1. The van der Waals surface area contributed by atoms with Crippen molar-refractivity contribution in [3.8, 4) is 5.75 Å². The molecule has 6 nitrogen and oxygen atoms in total. The number of morpholine rings is 1. The van der Waals surface area contributed by atoms with Crippen molar-refractivity contribution in [2.45, 2.75) is 20.0 Å². The quantitative estimate of drug-likeness (QED) is 0.907. The number of hydrogen-bond acceptors (Lipinski definition) is 4. The zero-order valence-corrected chi connectivity index (χ0v) is 12.3. The SMILES string of the molecule is CC(=O)Nc1ccccc1OCC(=O)N1CCOC(C)C1. The number of nitrogens with one attached hydrogen (secondary N) is 1. The van der Waals surface area contributed by atoms with E-state index in [1.54, 1.807) is 29.2 Å². The molecule has 1 aliphatic rings. The Labute approximate surface area is 124 Å². The Morgan fingerprint density at radius 2 is 2.19 bits per heavy atom. The van der Waals surface area contributed by atoms with Crippen molar-refractivity contribution in [1.82, 2.24) is 4.90 Å². The Bertz CT molecular complexity index is 518. The lowest BCUT2D eigenvalue weighted by molar-refractivity contribution is -0.140. The third-order valence-corrected chi connectivity index (χ3v) is 3.14. The summed E-state index contributed by atoms with van der Waals surface area (Å²) in [4.78, 5) is 25.0. The van der Waals surface area contributed by atoms with Gasteiger partial charge in [0, 0.05) is 20.0 Å². The fourth-order valence-electron chi connectivity index (χ4n) is 2.16. The lowest BCUT2D eigenvalue weighted by Crippen LogP contribution is -2.46. The Morgan fingerprint density at radius 1 is 1.43 bits per heavy atom. The van der Waals surface area contributed by atoms with Crippen molar-refractivity contribution in [3.63, 3.8) is 0 Å². The third kappa shape index (κ3) is 4.46. The topological polar surface area (TPSA) is 67.9 Å². The molecular formula is C15H20N2O4. The minimum absolute atomic E-state index is 0.0503. The summed E-state index contributed by atoms with van der Waals surface area (Å²) in [5.41, 5.74) is 0.563. The van der Waals surface area contributed by atoms with E-state index in [-0.39, 0.29) is 24.5 Å². The van der Waals surface area contributed by atoms with Gasteiger partial charge in [0.05, 0.1) is 18.4 Å². The van der Waals surface area contributed by atoms with Crippen molar-refractivity contribution in [2.75, 3.05) is 31.6 Å². The number of para-hydroxylation sites is 2. The van der Waals surface area contributed by atoms with Crippen LogP contribution in [0.3, 0.4) is 0 Å². The number of carbonyl (C=O) groups is 2. The summed E-state index contributed by atoms with van der Waals surface area (Å²) in [5.74, 6) is 0.226. The molecule has 1 heterocycles. The molecule has 114 valence electrons. The first kappa shape index (κ1) is 15.3. The van der Waals surface area contributed by atoms with Crippen molar-refractivity contribution in [2.24, 2.45) is 0 Å². The van der Waals surface area contributed by atoms with Gasteiger partial charge in [0.2, 0.25) is 5.91 Å². The lowest BCUT2D eigenvalue weighted by atomic mass is 10.3. The van der Waals surface area contributed by atoms with Gasteiger partial charge in [0.15, 0.2) is 6.61 Å². The number of nitrogens with zero attached hydrogens (tertiary/aromatic N) is 1. The van der Waals surface area contributed by atoms with E-state index in [0.717, 1.165) is 0 Å². The second-order valence-electron chi connectivity index (χ2n) is 4.99. The second-order valence-corrected chi connectivity index (χ2v) is 4.99. The molecule has 0 aliphatic carbocycles. The average Bonchev–Trinajstić information content (AvgIpc) is 2.45. The van der Waals surface area contributed by atoms with Gasteiger partial charge in [-0.1, -0.05) is 12.1 Å². The van der Waals surface area contributed by atoms with E-state index in [4.69, 9.17) is 9.47 Å². The van der Waals surface area contributed by atoms with Crippen LogP contribution in [0.5, 0.6) is 5.75 Å². The van der Waals surface area contributed by atoms with E-state index in [9.17, 15) is 9.59 Å². The molecule has 1 N–H and O–H groups in total. The van der Waals surface area contributed by atoms with Gasteiger partial charge in [-0.25, -0.2) is 0 Å². The Kier molecular flexibility index (Phi) is 5.16. The molecule has 1 aromatic carbocycles. The smallest absolute Gasteiger partial charge is 0.260 e. The Hall–Kier alpha value is -2.08. The second kappa shape index (κ2) is 7.08. The fourth-order valence-corrected chi connectivity index (χ4v) is 2.16. The molecule has 2 amide bonds. The van der Waals surface area contributed by atoms with Crippen LogP contribution >= 0.6 is 0 Å². The maximum atomic E-state index is 12.1. The highest BCUT2D eigenvalue weighted by Crippen LogP contribution is 2.23. The molecule has 0 radical (unpaired) electrons. The van der Waals surface area contributed by atoms with E-state index < -0.39 is 0 Å². The van der Waals surface area contributed by atoms with Crippen LogP contribution in [0.15, 0.2) is 24.3 Å². The van der Waals surface area contributed by atoms with Gasteiger partial charge in [-0.2, -0.15) is 0 Å². The molecule has 1 fully saturated rings. The molecule has 1 aromatic rings. The summed E-state index contributed by atoms with van der Waals surface area (Å²) in [7, 11) is 0. The monoisotopic (exact) mass is 292 g/mol. The van der Waals surface area contributed by atoms with Crippen LogP contribution in [0.2, 0.25) is 0 Å². The van der Waals surface area contributed by atoms with Crippen molar-refractivity contribution in [3.05, 3.63) is 24.3 Å². The molecule has 0 saturated carbocycles. The zero-order chi connectivity index (χ0) is 15.2.